The highest BCUT2D eigenvalue weighted by Gasteiger charge is 2.46. The van der Waals surface area contributed by atoms with Crippen molar-refractivity contribution in [1.29, 1.82) is 0 Å². The Morgan fingerprint density at radius 2 is 1.82 bits per heavy atom. The highest BCUT2D eigenvalue weighted by Crippen LogP contribution is 2.49. The van der Waals surface area contributed by atoms with Gasteiger partial charge in [0.05, 0.1) is 6.54 Å². The van der Waals surface area contributed by atoms with Gasteiger partial charge in [-0.2, -0.15) is 0 Å². The summed E-state index contributed by atoms with van der Waals surface area (Å²) in [6.07, 6.45) is 6.55. The zero-order valence-electron chi connectivity index (χ0n) is 12.8. The fourth-order valence-corrected chi connectivity index (χ4v) is 3.22. The van der Waals surface area contributed by atoms with Crippen molar-refractivity contribution in [1.82, 2.24) is 4.90 Å². The molecule has 2 N–H and O–H groups in total. The molecule has 1 saturated heterocycles. The van der Waals surface area contributed by atoms with E-state index in [4.69, 9.17) is 5.73 Å². The van der Waals surface area contributed by atoms with Crippen LogP contribution in [0.5, 0.6) is 0 Å². The summed E-state index contributed by atoms with van der Waals surface area (Å²) in [6, 6.07) is 3.83. The summed E-state index contributed by atoms with van der Waals surface area (Å²) in [4.78, 5) is 6.65. The Hall–Kier alpha value is -1.65. The van der Waals surface area contributed by atoms with Crippen molar-refractivity contribution in [3.63, 3.8) is 0 Å². The molecule has 0 bridgehead atoms. The van der Waals surface area contributed by atoms with Crippen LogP contribution in [0, 0.1) is 11.6 Å². The Morgan fingerprint density at radius 1 is 1.14 bits per heavy atom. The Balaban J connectivity index is 1.70. The van der Waals surface area contributed by atoms with Crippen LogP contribution in [0.25, 0.3) is 0 Å². The molecular weight excluding hydrogens is 284 g/mol. The van der Waals surface area contributed by atoms with Crippen LogP contribution in [0.3, 0.4) is 0 Å². The molecule has 1 aliphatic heterocycles. The van der Waals surface area contributed by atoms with E-state index in [1.807, 2.05) is 0 Å². The maximum atomic E-state index is 14.0. The standard InChI is InChI=1S/C17H23F2N3/c18-13-5-6-14(15(19)11-13)17(7-8-17)12-21-16(20)22-9-3-1-2-4-10-22/h5-6,11H,1-4,7-10,12H2,(H2,20,21). The Bertz CT molecular complexity index is 559. The number of likely N-dealkylation sites (tertiary alicyclic amines) is 1. The minimum atomic E-state index is -0.537. The van der Waals surface area contributed by atoms with Gasteiger partial charge in [0, 0.05) is 24.6 Å². The largest absolute Gasteiger partial charge is 0.370 e. The van der Waals surface area contributed by atoms with E-state index in [9.17, 15) is 8.78 Å². The highest BCUT2D eigenvalue weighted by atomic mass is 19.1. The second-order valence-corrected chi connectivity index (χ2v) is 6.48. The van der Waals surface area contributed by atoms with Crippen LogP contribution in [0.4, 0.5) is 8.78 Å². The fraction of sp³-hybridized carbons (Fsp3) is 0.588. The Labute approximate surface area is 130 Å². The molecule has 22 heavy (non-hydrogen) atoms. The van der Waals surface area contributed by atoms with Crippen LogP contribution >= 0.6 is 0 Å². The molecule has 0 radical (unpaired) electrons. The van der Waals surface area contributed by atoms with E-state index in [0.717, 1.165) is 44.8 Å². The van der Waals surface area contributed by atoms with E-state index in [-0.39, 0.29) is 5.41 Å². The molecule has 3 nitrogen and oxygen atoms in total. The lowest BCUT2D eigenvalue weighted by atomic mass is 9.95. The number of benzene rings is 1. The van der Waals surface area contributed by atoms with E-state index in [0.29, 0.717) is 18.1 Å². The SMILES string of the molecule is NC(=NCC1(c2ccc(F)cc2F)CC1)N1CCCCCC1. The minimum absolute atomic E-state index is 0.283. The summed E-state index contributed by atoms with van der Waals surface area (Å²) in [5.74, 6) is -0.443. The Kier molecular flexibility index (Phi) is 4.32. The minimum Gasteiger partial charge on any atom is -0.370 e. The van der Waals surface area contributed by atoms with Crippen molar-refractivity contribution in [2.75, 3.05) is 19.6 Å². The number of guanidine groups is 1. The van der Waals surface area contributed by atoms with Crippen LogP contribution in [-0.4, -0.2) is 30.5 Å². The second-order valence-electron chi connectivity index (χ2n) is 6.48. The van der Waals surface area contributed by atoms with Gasteiger partial charge in [-0.15, -0.1) is 0 Å². The topological polar surface area (TPSA) is 41.6 Å². The first-order valence-corrected chi connectivity index (χ1v) is 8.11. The molecule has 120 valence electrons. The van der Waals surface area contributed by atoms with Crippen molar-refractivity contribution in [2.45, 2.75) is 43.9 Å². The van der Waals surface area contributed by atoms with Crippen LogP contribution in [0.1, 0.15) is 44.1 Å². The third-order valence-corrected chi connectivity index (χ3v) is 4.83. The zero-order chi connectivity index (χ0) is 15.6. The number of nitrogens with zero attached hydrogens (tertiary/aromatic N) is 2. The van der Waals surface area contributed by atoms with Gasteiger partial charge in [0.1, 0.15) is 11.6 Å². The molecule has 1 aromatic rings. The second kappa shape index (κ2) is 6.23. The quantitative estimate of drug-likeness (QED) is 0.688. The normalized spacial score (nSPS) is 21.5. The molecule has 0 unspecified atom stereocenters. The van der Waals surface area contributed by atoms with Crippen LogP contribution in [0.15, 0.2) is 23.2 Å². The van der Waals surface area contributed by atoms with Gasteiger partial charge in [0.2, 0.25) is 0 Å². The molecule has 0 amide bonds. The summed E-state index contributed by atoms with van der Waals surface area (Å²) < 4.78 is 27.0. The molecule has 0 aromatic heterocycles. The van der Waals surface area contributed by atoms with E-state index < -0.39 is 11.6 Å². The van der Waals surface area contributed by atoms with Crippen LogP contribution in [-0.2, 0) is 5.41 Å². The number of halogens is 2. The number of rotatable bonds is 3. The van der Waals surface area contributed by atoms with Gasteiger partial charge in [0.15, 0.2) is 5.96 Å². The average Bonchev–Trinajstić information content (AvgIpc) is 3.29. The lowest BCUT2D eigenvalue weighted by Gasteiger charge is -2.22. The summed E-state index contributed by atoms with van der Waals surface area (Å²) in [6.45, 7) is 2.39. The molecule has 2 fully saturated rings. The summed E-state index contributed by atoms with van der Waals surface area (Å²) in [5, 5.41) is 0. The number of nitrogens with two attached hydrogens (primary N) is 1. The Morgan fingerprint density at radius 3 is 2.41 bits per heavy atom. The molecule has 1 heterocycles. The fourth-order valence-electron chi connectivity index (χ4n) is 3.22. The molecule has 2 aliphatic rings. The molecule has 1 saturated carbocycles. The van der Waals surface area contributed by atoms with Crippen molar-refractivity contribution >= 4 is 5.96 Å². The summed E-state index contributed by atoms with van der Waals surface area (Å²) in [5.41, 5.74) is 6.40. The predicted molar refractivity (Wildman–Crippen MR) is 83.8 cm³/mol. The maximum Gasteiger partial charge on any atom is 0.191 e. The molecule has 5 heteroatoms. The van der Waals surface area contributed by atoms with Gasteiger partial charge < -0.3 is 10.6 Å². The lowest BCUT2D eigenvalue weighted by Crippen LogP contribution is -2.38. The summed E-state index contributed by atoms with van der Waals surface area (Å²) >= 11 is 0. The van der Waals surface area contributed by atoms with Gasteiger partial charge in [0.25, 0.3) is 0 Å². The van der Waals surface area contributed by atoms with Crippen molar-refractivity contribution in [3.8, 4) is 0 Å². The monoisotopic (exact) mass is 307 g/mol. The molecule has 0 atom stereocenters. The molecule has 0 spiro atoms. The highest BCUT2D eigenvalue weighted by molar-refractivity contribution is 5.78. The van der Waals surface area contributed by atoms with Gasteiger partial charge in [-0.1, -0.05) is 18.9 Å². The van der Waals surface area contributed by atoms with Crippen LogP contribution < -0.4 is 5.73 Å². The zero-order valence-corrected chi connectivity index (χ0v) is 12.8. The first kappa shape index (κ1) is 15.3. The van der Waals surface area contributed by atoms with Crippen molar-refractivity contribution < 1.29 is 8.78 Å². The molecule has 1 aromatic carbocycles. The first-order chi connectivity index (χ1) is 10.6. The number of aliphatic imine (C=N–C) groups is 1. The van der Waals surface area contributed by atoms with Gasteiger partial charge in [-0.3, -0.25) is 4.99 Å². The number of hydrogen-bond donors (Lipinski definition) is 1. The van der Waals surface area contributed by atoms with E-state index in [2.05, 4.69) is 9.89 Å². The molecule has 3 rings (SSSR count). The molecule has 1 aliphatic carbocycles. The van der Waals surface area contributed by atoms with Gasteiger partial charge >= 0.3 is 0 Å². The van der Waals surface area contributed by atoms with Crippen molar-refractivity contribution in [3.05, 3.63) is 35.4 Å². The molecular formula is C17H23F2N3. The van der Waals surface area contributed by atoms with E-state index in [1.165, 1.54) is 18.9 Å². The summed E-state index contributed by atoms with van der Waals surface area (Å²) in [7, 11) is 0. The third-order valence-electron chi connectivity index (χ3n) is 4.83. The first-order valence-electron chi connectivity index (χ1n) is 8.11. The maximum absolute atomic E-state index is 14.0. The van der Waals surface area contributed by atoms with Crippen LogP contribution in [0.2, 0.25) is 0 Å². The van der Waals surface area contributed by atoms with Gasteiger partial charge in [-0.05, 0) is 37.3 Å². The lowest BCUT2D eigenvalue weighted by molar-refractivity contribution is 0.427. The third kappa shape index (κ3) is 3.23. The predicted octanol–water partition coefficient (Wildman–Crippen LogP) is 3.19. The number of hydrogen-bond acceptors (Lipinski definition) is 1. The van der Waals surface area contributed by atoms with E-state index in [1.54, 1.807) is 6.07 Å². The average molecular weight is 307 g/mol. The van der Waals surface area contributed by atoms with Crippen molar-refractivity contribution in [2.24, 2.45) is 10.7 Å². The van der Waals surface area contributed by atoms with Gasteiger partial charge in [-0.25, -0.2) is 8.78 Å². The smallest absolute Gasteiger partial charge is 0.191 e. The van der Waals surface area contributed by atoms with E-state index >= 15 is 0 Å².